The summed E-state index contributed by atoms with van der Waals surface area (Å²) in [5.74, 6) is 1.50. The first kappa shape index (κ1) is 11.3. The van der Waals surface area contributed by atoms with Gasteiger partial charge in [-0.3, -0.25) is 0 Å². The van der Waals surface area contributed by atoms with Gasteiger partial charge in [0.05, 0.1) is 11.7 Å². The zero-order valence-electron chi connectivity index (χ0n) is 9.99. The average Bonchev–Trinajstić information content (AvgIpc) is 2.28. The largest absolute Gasteiger partial charge is 0.489 e. The molecule has 0 radical (unpaired) electrons. The summed E-state index contributed by atoms with van der Waals surface area (Å²) in [6.07, 6.45) is 0.950. The van der Waals surface area contributed by atoms with Crippen LogP contribution in [0.5, 0.6) is 5.75 Å². The highest BCUT2D eigenvalue weighted by atomic mass is 16.5. The number of hydrogen-bond donors (Lipinski definition) is 2. The monoisotopic (exact) mass is 220 g/mol. The molecule has 0 spiro atoms. The molecule has 0 saturated carbocycles. The summed E-state index contributed by atoms with van der Waals surface area (Å²) >= 11 is 0. The molecule has 3 heteroatoms. The number of nitrogens with one attached hydrogen (secondary N) is 1. The van der Waals surface area contributed by atoms with Gasteiger partial charge in [0.2, 0.25) is 0 Å². The van der Waals surface area contributed by atoms with Gasteiger partial charge < -0.3 is 15.8 Å². The minimum atomic E-state index is 0.347. The van der Waals surface area contributed by atoms with Crippen molar-refractivity contribution in [2.24, 2.45) is 5.73 Å². The molecule has 16 heavy (non-hydrogen) atoms. The molecule has 0 amide bonds. The van der Waals surface area contributed by atoms with E-state index < -0.39 is 0 Å². The maximum atomic E-state index is 5.71. The van der Waals surface area contributed by atoms with E-state index in [2.05, 4.69) is 37.4 Å². The highest BCUT2D eigenvalue weighted by Gasteiger charge is 2.18. The van der Waals surface area contributed by atoms with Crippen molar-refractivity contribution in [2.75, 3.05) is 18.5 Å². The Morgan fingerprint density at radius 3 is 3.00 bits per heavy atom. The molecule has 0 aliphatic carbocycles. The van der Waals surface area contributed by atoms with Gasteiger partial charge in [0.25, 0.3) is 0 Å². The Labute approximate surface area is 97.0 Å². The molecule has 0 saturated heterocycles. The average molecular weight is 220 g/mol. The standard InChI is InChI=1S/C13H20N2O/c1-9(2)10-3-4-13-12(7-10)15-11(5-6-14)8-16-13/h3-4,7,9,11,15H,5-6,8,14H2,1-2H3. The van der Waals surface area contributed by atoms with Crippen LogP contribution in [0.2, 0.25) is 0 Å². The summed E-state index contributed by atoms with van der Waals surface area (Å²) in [5, 5.41) is 3.49. The molecule has 0 fully saturated rings. The molecular formula is C13H20N2O. The second-order valence-electron chi connectivity index (χ2n) is 4.64. The van der Waals surface area contributed by atoms with Crippen molar-refractivity contribution in [3.05, 3.63) is 23.8 Å². The van der Waals surface area contributed by atoms with Gasteiger partial charge in [-0.15, -0.1) is 0 Å². The molecule has 1 heterocycles. The number of fused-ring (bicyclic) bond motifs is 1. The van der Waals surface area contributed by atoms with Crippen molar-refractivity contribution in [3.63, 3.8) is 0 Å². The molecule has 1 atom stereocenters. The van der Waals surface area contributed by atoms with Crippen molar-refractivity contribution < 1.29 is 4.74 Å². The third-order valence-electron chi connectivity index (χ3n) is 2.99. The van der Waals surface area contributed by atoms with Crippen LogP contribution >= 0.6 is 0 Å². The van der Waals surface area contributed by atoms with Gasteiger partial charge in [0.15, 0.2) is 0 Å². The van der Waals surface area contributed by atoms with Crippen molar-refractivity contribution in [1.29, 1.82) is 0 Å². The number of ether oxygens (including phenoxy) is 1. The fraction of sp³-hybridized carbons (Fsp3) is 0.538. The van der Waals surface area contributed by atoms with Gasteiger partial charge >= 0.3 is 0 Å². The van der Waals surface area contributed by atoms with E-state index in [1.165, 1.54) is 5.56 Å². The molecule has 1 unspecified atom stereocenters. The summed E-state index contributed by atoms with van der Waals surface area (Å²) in [6, 6.07) is 6.72. The molecule has 0 aromatic heterocycles. The Morgan fingerprint density at radius 2 is 2.31 bits per heavy atom. The fourth-order valence-corrected chi connectivity index (χ4v) is 1.95. The van der Waals surface area contributed by atoms with Crippen LogP contribution in [-0.4, -0.2) is 19.2 Å². The van der Waals surface area contributed by atoms with Crippen LogP contribution in [-0.2, 0) is 0 Å². The Bertz CT molecular complexity index is 363. The zero-order valence-corrected chi connectivity index (χ0v) is 9.99. The maximum Gasteiger partial charge on any atom is 0.142 e. The van der Waals surface area contributed by atoms with Crippen molar-refractivity contribution in [3.8, 4) is 5.75 Å². The smallest absolute Gasteiger partial charge is 0.142 e. The van der Waals surface area contributed by atoms with E-state index in [9.17, 15) is 0 Å². The first-order valence-corrected chi connectivity index (χ1v) is 5.94. The normalized spacial score (nSPS) is 18.9. The van der Waals surface area contributed by atoms with Gasteiger partial charge in [-0.2, -0.15) is 0 Å². The van der Waals surface area contributed by atoms with Crippen LogP contribution < -0.4 is 15.8 Å². The quantitative estimate of drug-likeness (QED) is 0.822. The van der Waals surface area contributed by atoms with E-state index >= 15 is 0 Å². The highest BCUT2D eigenvalue weighted by Crippen LogP contribution is 2.32. The van der Waals surface area contributed by atoms with E-state index in [0.717, 1.165) is 17.9 Å². The summed E-state index contributed by atoms with van der Waals surface area (Å²) in [6.45, 7) is 5.80. The number of benzene rings is 1. The maximum absolute atomic E-state index is 5.71. The van der Waals surface area contributed by atoms with Gasteiger partial charge in [0.1, 0.15) is 12.4 Å². The lowest BCUT2D eigenvalue weighted by Crippen LogP contribution is -2.33. The van der Waals surface area contributed by atoms with Gasteiger partial charge in [-0.1, -0.05) is 19.9 Å². The fourth-order valence-electron chi connectivity index (χ4n) is 1.95. The first-order valence-electron chi connectivity index (χ1n) is 5.94. The summed E-state index contributed by atoms with van der Waals surface area (Å²) in [4.78, 5) is 0. The molecule has 0 bridgehead atoms. The molecular weight excluding hydrogens is 200 g/mol. The minimum absolute atomic E-state index is 0.347. The predicted octanol–water partition coefficient (Wildman–Crippen LogP) is 2.33. The third kappa shape index (κ3) is 2.30. The number of hydrogen-bond acceptors (Lipinski definition) is 3. The van der Waals surface area contributed by atoms with Crippen LogP contribution in [0.4, 0.5) is 5.69 Å². The molecule has 1 aliphatic rings. The van der Waals surface area contributed by atoms with Crippen molar-refractivity contribution >= 4 is 5.69 Å². The Morgan fingerprint density at radius 1 is 1.50 bits per heavy atom. The van der Waals surface area contributed by atoms with Gasteiger partial charge in [0, 0.05) is 0 Å². The van der Waals surface area contributed by atoms with Crippen molar-refractivity contribution in [1.82, 2.24) is 0 Å². The van der Waals surface area contributed by atoms with E-state index in [0.29, 0.717) is 25.1 Å². The van der Waals surface area contributed by atoms with Crippen LogP contribution in [0.3, 0.4) is 0 Å². The van der Waals surface area contributed by atoms with E-state index in [1.807, 2.05) is 0 Å². The molecule has 1 aliphatic heterocycles. The summed E-state index contributed by atoms with van der Waals surface area (Å²) < 4.78 is 5.71. The lowest BCUT2D eigenvalue weighted by atomic mass is 10.0. The van der Waals surface area contributed by atoms with Crippen LogP contribution in [0.1, 0.15) is 31.7 Å². The number of anilines is 1. The zero-order chi connectivity index (χ0) is 11.5. The molecule has 2 rings (SSSR count). The third-order valence-corrected chi connectivity index (χ3v) is 2.99. The molecule has 1 aromatic carbocycles. The second kappa shape index (κ2) is 4.74. The number of rotatable bonds is 3. The summed E-state index contributed by atoms with van der Waals surface area (Å²) in [7, 11) is 0. The topological polar surface area (TPSA) is 47.3 Å². The van der Waals surface area contributed by atoms with E-state index in [1.54, 1.807) is 0 Å². The predicted molar refractivity (Wildman–Crippen MR) is 67.1 cm³/mol. The van der Waals surface area contributed by atoms with Crippen LogP contribution in [0, 0.1) is 0 Å². The Balaban J connectivity index is 2.18. The minimum Gasteiger partial charge on any atom is -0.489 e. The van der Waals surface area contributed by atoms with Crippen LogP contribution in [0.15, 0.2) is 18.2 Å². The van der Waals surface area contributed by atoms with Crippen LogP contribution in [0.25, 0.3) is 0 Å². The lowest BCUT2D eigenvalue weighted by Gasteiger charge is -2.28. The Kier molecular flexibility index (Phi) is 3.34. The van der Waals surface area contributed by atoms with Gasteiger partial charge in [-0.05, 0) is 36.6 Å². The second-order valence-corrected chi connectivity index (χ2v) is 4.64. The molecule has 1 aromatic rings. The van der Waals surface area contributed by atoms with E-state index in [-0.39, 0.29) is 0 Å². The Hall–Kier alpha value is -1.22. The number of nitrogens with two attached hydrogens (primary N) is 1. The summed E-state index contributed by atoms with van der Waals surface area (Å²) in [5.41, 5.74) is 8.01. The highest BCUT2D eigenvalue weighted by molar-refractivity contribution is 5.60. The lowest BCUT2D eigenvalue weighted by molar-refractivity contribution is 0.279. The SMILES string of the molecule is CC(C)c1ccc2c(c1)NC(CCN)CO2. The van der Waals surface area contributed by atoms with Gasteiger partial charge in [-0.25, -0.2) is 0 Å². The molecule has 3 nitrogen and oxygen atoms in total. The van der Waals surface area contributed by atoms with E-state index in [4.69, 9.17) is 10.5 Å². The molecule has 88 valence electrons. The van der Waals surface area contributed by atoms with Crippen molar-refractivity contribution in [2.45, 2.75) is 32.2 Å². The molecule has 3 N–H and O–H groups in total. The first-order chi connectivity index (χ1) is 7.70.